The Labute approximate surface area is 174 Å². The van der Waals surface area contributed by atoms with Crippen LogP contribution in [0.1, 0.15) is 63.9 Å². The zero-order valence-electron chi connectivity index (χ0n) is 16.7. The van der Waals surface area contributed by atoms with Crippen LogP contribution in [-0.2, 0) is 15.7 Å². The van der Waals surface area contributed by atoms with Crippen LogP contribution in [0.15, 0.2) is 0 Å². The SMILES string of the molecule is CCCCCCCCC[C@H](OC(N)=O)C(=O)Nc1c(F)c(F)c(C(F)(F)F)c(F)c1F. The van der Waals surface area contributed by atoms with E-state index in [1.165, 1.54) is 5.32 Å². The maximum absolute atomic E-state index is 13.9. The number of unbranched alkanes of at least 4 members (excludes halogenated alkanes) is 6. The maximum Gasteiger partial charge on any atom is 0.422 e. The molecule has 1 aromatic rings. The molecule has 5 nitrogen and oxygen atoms in total. The highest BCUT2D eigenvalue weighted by Crippen LogP contribution is 2.38. The van der Waals surface area contributed by atoms with Crippen LogP contribution in [0, 0.1) is 23.3 Å². The lowest BCUT2D eigenvalue weighted by atomic mass is 10.1. The number of benzene rings is 1. The predicted octanol–water partition coefficient (Wildman–Crippen LogP) is 5.80. The van der Waals surface area contributed by atoms with Crippen LogP contribution < -0.4 is 11.1 Å². The Morgan fingerprint density at radius 3 is 1.84 bits per heavy atom. The fourth-order valence-corrected chi connectivity index (χ4v) is 2.86. The molecular weight excluding hydrogens is 437 g/mol. The highest BCUT2D eigenvalue weighted by atomic mass is 19.4. The molecule has 0 saturated carbocycles. The maximum atomic E-state index is 13.9. The van der Waals surface area contributed by atoms with Crippen LogP contribution in [0.3, 0.4) is 0 Å². The van der Waals surface area contributed by atoms with Crippen LogP contribution in [0.25, 0.3) is 0 Å². The van der Waals surface area contributed by atoms with Crippen LogP contribution in [-0.4, -0.2) is 18.1 Å². The van der Waals surface area contributed by atoms with Crippen molar-refractivity contribution >= 4 is 17.7 Å². The van der Waals surface area contributed by atoms with Crippen molar-refractivity contribution in [2.24, 2.45) is 5.73 Å². The Bertz CT molecular complexity index is 756. The van der Waals surface area contributed by atoms with E-state index in [2.05, 4.69) is 4.74 Å². The van der Waals surface area contributed by atoms with Gasteiger partial charge in [-0.1, -0.05) is 45.4 Å². The van der Waals surface area contributed by atoms with Crippen LogP contribution in [0.5, 0.6) is 0 Å². The van der Waals surface area contributed by atoms with E-state index in [0.717, 1.165) is 32.1 Å². The molecule has 31 heavy (non-hydrogen) atoms. The summed E-state index contributed by atoms with van der Waals surface area (Å²) in [4.78, 5) is 23.2. The number of carbonyl (C=O) groups is 2. The number of carbonyl (C=O) groups excluding carboxylic acids is 2. The monoisotopic (exact) mass is 460 g/mol. The number of anilines is 1. The Kier molecular flexibility index (Phi) is 10.0. The number of alkyl halides is 3. The number of primary amides is 1. The lowest BCUT2D eigenvalue weighted by Crippen LogP contribution is -2.35. The molecule has 0 saturated heterocycles. The highest BCUT2D eigenvalue weighted by Gasteiger charge is 2.42. The molecule has 12 heteroatoms. The minimum Gasteiger partial charge on any atom is -0.436 e. The van der Waals surface area contributed by atoms with Gasteiger partial charge >= 0.3 is 12.3 Å². The van der Waals surface area contributed by atoms with Gasteiger partial charge in [0.1, 0.15) is 11.3 Å². The summed E-state index contributed by atoms with van der Waals surface area (Å²) in [5.41, 5.74) is 0.309. The minimum absolute atomic E-state index is 0.128. The van der Waals surface area contributed by atoms with Gasteiger partial charge in [0.2, 0.25) is 0 Å². The second-order valence-corrected chi connectivity index (χ2v) is 6.83. The predicted molar refractivity (Wildman–Crippen MR) is 97.0 cm³/mol. The van der Waals surface area contributed by atoms with Gasteiger partial charge in [0.15, 0.2) is 29.4 Å². The topological polar surface area (TPSA) is 81.4 Å². The quantitative estimate of drug-likeness (QED) is 0.249. The molecule has 1 rings (SSSR count). The fraction of sp³-hybridized carbons (Fsp3) is 0.579. The fourth-order valence-electron chi connectivity index (χ4n) is 2.86. The second-order valence-electron chi connectivity index (χ2n) is 6.83. The van der Waals surface area contributed by atoms with E-state index in [0.29, 0.717) is 12.8 Å². The van der Waals surface area contributed by atoms with Crippen molar-refractivity contribution in [3.05, 3.63) is 28.8 Å². The number of nitrogens with one attached hydrogen (secondary N) is 1. The van der Waals surface area contributed by atoms with Crippen LogP contribution in [0.4, 0.5) is 41.2 Å². The largest absolute Gasteiger partial charge is 0.436 e. The molecular formula is C19H23F7N2O3. The van der Waals surface area contributed by atoms with Gasteiger partial charge in [-0.25, -0.2) is 22.4 Å². The average Bonchev–Trinajstić information content (AvgIpc) is 2.66. The van der Waals surface area contributed by atoms with E-state index in [1.807, 2.05) is 6.92 Å². The Balaban J connectivity index is 2.94. The number of ether oxygens (including phenoxy) is 1. The zero-order chi connectivity index (χ0) is 23.8. The van der Waals surface area contributed by atoms with Crippen LogP contribution >= 0.6 is 0 Å². The van der Waals surface area contributed by atoms with E-state index in [9.17, 15) is 40.3 Å². The highest BCUT2D eigenvalue weighted by molar-refractivity contribution is 5.95. The zero-order valence-corrected chi connectivity index (χ0v) is 16.7. The number of amides is 2. The minimum atomic E-state index is -5.72. The summed E-state index contributed by atoms with van der Waals surface area (Å²) in [6.45, 7) is 2.05. The lowest BCUT2D eigenvalue weighted by molar-refractivity contribution is -0.143. The summed E-state index contributed by atoms with van der Waals surface area (Å²) >= 11 is 0. The molecule has 0 fully saturated rings. The summed E-state index contributed by atoms with van der Waals surface area (Å²) in [5, 5.41) is 1.44. The third-order valence-corrected chi connectivity index (χ3v) is 4.42. The van der Waals surface area contributed by atoms with Gasteiger partial charge < -0.3 is 15.8 Å². The molecule has 1 aromatic carbocycles. The molecule has 0 spiro atoms. The molecule has 0 aliphatic carbocycles. The van der Waals surface area contributed by atoms with Crippen molar-refractivity contribution in [2.45, 2.75) is 70.6 Å². The molecule has 0 aliphatic heterocycles. The molecule has 0 radical (unpaired) electrons. The molecule has 2 amide bonds. The van der Waals surface area contributed by atoms with Crippen LogP contribution in [0.2, 0.25) is 0 Å². The van der Waals surface area contributed by atoms with E-state index < -0.39 is 58.8 Å². The number of hydrogen-bond donors (Lipinski definition) is 2. The van der Waals surface area contributed by atoms with Gasteiger partial charge in [0.05, 0.1) is 0 Å². The van der Waals surface area contributed by atoms with Gasteiger partial charge in [-0.15, -0.1) is 0 Å². The van der Waals surface area contributed by atoms with Crippen molar-refractivity contribution < 1.29 is 45.1 Å². The number of rotatable bonds is 11. The first kappa shape index (κ1) is 26.5. The lowest BCUT2D eigenvalue weighted by Gasteiger charge is -2.18. The molecule has 0 aliphatic rings. The van der Waals surface area contributed by atoms with Gasteiger partial charge in [-0.2, -0.15) is 13.2 Å². The molecule has 176 valence electrons. The molecule has 0 bridgehead atoms. The molecule has 3 N–H and O–H groups in total. The van der Waals surface area contributed by atoms with Crippen molar-refractivity contribution in [1.82, 2.24) is 0 Å². The number of nitrogens with two attached hydrogens (primary N) is 1. The summed E-state index contributed by atoms with van der Waals surface area (Å²) in [5.74, 6) is -11.7. The first-order valence-corrected chi connectivity index (χ1v) is 9.61. The van der Waals surface area contributed by atoms with Gasteiger partial charge in [0.25, 0.3) is 5.91 Å². The Morgan fingerprint density at radius 1 is 0.903 bits per heavy atom. The number of hydrogen-bond acceptors (Lipinski definition) is 3. The Morgan fingerprint density at radius 2 is 1.39 bits per heavy atom. The summed E-state index contributed by atoms with van der Waals surface area (Å²) in [7, 11) is 0. The first-order valence-electron chi connectivity index (χ1n) is 9.61. The second kappa shape index (κ2) is 11.8. The van der Waals surface area contributed by atoms with Gasteiger partial charge in [0, 0.05) is 0 Å². The summed E-state index contributed by atoms with van der Waals surface area (Å²) in [6.07, 6.45) is -3.06. The molecule has 0 heterocycles. The number of halogens is 7. The van der Waals surface area contributed by atoms with E-state index in [1.54, 1.807) is 0 Å². The normalized spacial score (nSPS) is 12.5. The standard InChI is InChI=1S/C19H23F7N2O3/c1-2-3-4-5-6-7-8-9-10(31-18(27)30)17(29)28-16-14(22)12(20)11(19(24,25)26)13(21)15(16)23/h10H,2-9H2,1H3,(H2,27,30)(H,28,29)/t10-/m0/s1. The molecule has 0 aromatic heterocycles. The van der Waals surface area contributed by atoms with E-state index in [4.69, 9.17) is 5.73 Å². The molecule has 1 atom stereocenters. The van der Waals surface area contributed by atoms with Gasteiger partial charge in [-0.3, -0.25) is 4.79 Å². The van der Waals surface area contributed by atoms with Crippen molar-refractivity contribution in [3.63, 3.8) is 0 Å². The van der Waals surface area contributed by atoms with E-state index in [-0.39, 0.29) is 6.42 Å². The average molecular weight is 460 g/mol. The smallest absolute Gasteiger partial charge is 0.422 e. The van der Waals surface area contributed by atoms with Crippen molar-refractivity contribution in [2.75, 3.05) is 5.32 Å². The third-order valence-electron chi connectivity index (χ3n) is 4.42. The van der Waals surface area contributed by atoms with Crippen molar-refractivity contribution in [3.8, 4) is 0 Å². The first-order chi connectivity index (χ1) is 14.4. The third kappa shape index (κ3) is 7.59. The van der Waals surface area contributed by atoms with Gasteiger partial charge in [-0.05, 0) is 12.8 Å². The Hall–Kier alpha value is -2.53. The summed E-state index contributed by atoms with van der Waals surface area (Å²) in [6, 6.07) is 0. The summed E-state index contributed by atoms with van der Waals surface area (Å²) < 4.78 is 97.7. The van der Waals surface area contributed by atoms with Crippen molar-refractivity contribution in [1.29, 1.82) is 0 Å². The van der Waals surface area contributed by atoms with E-state index >= 15 is 0 Å². The molecule has 0 unspecified atom stereocenters.